The molecule has 0 atom stereocenters. The van der Waals surface area contributed by atoms with E-state index < -0.39 is 4.92 Å². The molecule has 0 aliphatic carbocycles. The first-order chi connectivity index (χ1) is 7.97. The fourth-order valence-electron chi connectivity index (χ4n) is 1.39. The number of methoxy groups -OCH3 is 1. The van der Waals surface area contributed by atoms with Crippen molar-refractivity contribution in [3.8, 4) is 0 Å². The highest BCUT2D eigenvalue weighted by molar-refractivity contribution is 5.61. The van der Waals surface area contributed by atoms with Gasteiger partial charge in [0.25, 0.3) is 0 Å². The van der Waals surface area contributed by atoms with E-state index in [0.29, 0.717) is 13.2 Å². The van der Waals surface area contributed by atoms with E-state index in [1.807, 2.05) is 0 Å². The number of likely N-dealkylation sites (N-methyl/N-ethyl adjacent to an activating group) is 1. The van der Waals surface area contributed by atoms with Gasteiger partial charge in [-0.2, -0.15) is 4.98 Å². The topological polar surface area (TPSA) is 107 Å². The molecule has 17 heavy (non-hydrogen) atoms. The van der Waals surface area contributed by atoms with E-state index in [9.17, 15) is 10.1 Å². The zero-order valence-electron chi connectivity index (χ0n) is 10.0. The molecule has 0 aliphatic heterocycles. The lowest BCUT2D eigenvalue weighted by Crippen LogP contribution is -2.25. The van der Waals surface area contributed by atoms with Crippen LogP contribution in [-0.2, 0) is 4.74 Å². The molecule has 0 unspecified atom stereocenters. The summed E-state index contributed by atoms with van der Waals surface area (Å²) in [5.41, 5.74) is 5.62. The molecule has 1 heterocycles. The van der Waals surface area contributed by atoms with Crippen LogP contribution in [0.15, 0.2) is 0 Å². The average molecular weight is 241 g/mol. The molecular weight excluding hydrogens is 226 g/mol. The molecular formula is C9H15N5O3. The number of hydrogen-bond acceptors (Lipinski definition) is 7. The summed E-state index contributed by atoms with van der Waals surface area (Å²) in [6, 6.07) is 0. The SMILES string of the molecule is COCCN(C)c1nc(N)nc(C)c1[N+](=O)[O-]. The molecule has 0 radical (unpaired) electrons. The molecule has 2 N–H and O–H groups in total. The van der Waals surface area contributed by atoms with Crippen LogP contribution >= 0.6 is 0 Å². The van der Waals surface area contributed by atoms with Crippen LogP contribution in [0, 0.1) is 17.0 Å². The minimum absolute atomic E-state index is 0.0207. The summed E-state index contributed by atoms with van der Waals surface area (Å²) in [5, 5.41) is 11.0. The van der Waals surface area contributed by atoms with Crippen LogP contribution in [0.1, 0.15) is 5.69 Å². The van der Waals surface area contributed by atoms with Crippen molar-refractivity contribution in [2.24, 2.45) is 0 Å². The Kier molecular flexibility index (Phi) is 4.16. The Morgan fingerprint density at radius 2 is 2.18 bits per heavy atom. The zero-order chi connectivity index (χ0) is 13.0. The second-order valence-corrected chi connectivity index (χ2v) is 3.51. The number of hydrogen-bond donors (Lipinski definition) is 1. The molecule has 1 aromatic rings. The van der Waals surface area contributed by atoms with Crippen LogP contribution < -0.4 is 10.6 Å². The number of nitrogens with zero attached hydrogens (tertiary/aromatic N) is 4. The number of nitro groups is 1. The Hall–Kier alpha value is -1.96. The van der Waals surface area contributed by atoms with Gasteiger partial charge >= 0.3 is 5.69 Å². The van der Waals surface area contributed by atoms with Crippen molar-refractivity contribution in [1.82, 2.24) is 9.97 Å². The third-order valence-corrected chi connectivity index (χ3v) is 2.23. The summed E-state index contributed by atoms with van der Waals surface area (Å²) in [4.78, 5) is 19.8. The van der Waals surface area contributed by atoms with Crippen LogP contribution in [0.5, 0.6) is 0 Å². The summed E-state index contributed by atoms with van der Waals surface area (Å²) in [5.74, 6) is 0.226. The largest absolute Gasteiger partial charge is 0.383 e. The van der Waals surface area contributed by atoms with Crippen LogP contribution in [0.4, 0.5) is 17.5 Å². The van der Waals surface area contributed by atoms with E-state index in [-0.39, 0.29) is 23.1 Å². The standard InChI is InChI=1S/C9H15N5O3/c1-6-7(14(15)16)8(12-9(10)11-6)13(2)4-5-17-3/h4-5H2,1-3H3,(H2,10,11,12). The van der Waals surface area contributed by atoms with E-state index >= 15 is 0 Å². The number of anilines is 2. The van der Waals surface area contributed by atoms with E-state index in [4.69, 9.17) is 10.5 Å². The number of rotatable bonds is 5. The lowest BCUT2D eigenvalue weighted by atomic mass is 10.3. The summed E-state index contributed by atoms with van der Waals surface area (Å²) >= 11 is 0. The van der Waals surface area contributed by atoms with Gasteiger partial charge in [0.1, 0.15) is 5.69 Å². The molecule has 0 amide bonds. The van der Waals surface area contributed by atoms with Gasteiger partial charge < -0.3 is 15.4 Å². The smallest absolute Gasteiger partial charge is 0.332 e. The van der Waals surface area contributed by atoms with E-state index in [2.05, 4.69) is 9.97 Å². The zero-order valence-corrected chi connectivity index (χ0v) is 10.0. The molecule has 0 aliphatic rings. The Morgan fingerprint density at radius 3 is 2.71 bits per heavy atom. The maximum Gasteiger partial charge on any atom is 0.332 e. The molecule has 0 spiro atoms. The molecule has 0 saturated heterocycles. The van der Waals surface area contributed by atoms with Gasteiger partial charge in [0, 0.05) is 20.7 Å². The van der Waals surface area contributed by atoms with Crippen molar-refractivity contribution in [3.05, 3.63) is 15.8 Å². The lowest BCUT2D eigenvalue weighted by molar-refractivity contribution is -0.385. The van der Waals surface area contributed by atoms with E-state index in [0.717, 1.165) is 0 Å². The van der Waals surface area contributed by atoms with E-state index in [1.54, 1.807) is 19.1 Å². The molecule has 94 valence electrons. The van der Waals surface area contributed by atoms with Gasteiger partial charge in [-0.3, -0.25) is 10.1 Å². The number of aryl methyl sites for hydroxylation is 1. The highest BCUT2D eigenvalue weighted by Crippen LogP contribution is 2.28. The van der Waals surface area contributed by atoms with Crippen LogP contribution in [0.3, 0.4) is 0 Å². The number of ether oxygens (including phenoxy) is 1. The first-order valence-corrected chi connectivity index (χ1v) is 4.96. The Bertz CT molecular complexity index is 423. The molecule has 0 saturated carbocycles. The molecule has 8 nitrogen and oxygen atoms in total. The predicted octanol–water partition coefficient (Wildman–Crippen LogP) is 0.358. The monoisotopic (exact) mass is 241 g/mol. The Labute approximate surface area is 98.6 Å². The summed E-state index contributed by atoms with van der Waals surface area (Å²) in [7, 11) is 3.25. The lowest BCUT2D eigenvalue weighted by Gasteiger charge is -2.18. The molecule has 8 heteroatoms. The van der Waals surface area contributed by atoms with Crippen LogP contribution in [0.25, 0.3) is 0 Å². The van der Waals surface area contributed by atoms with Crippen molar-refractivity contribution in [2.45, 2.75) is 6.92 Å². The normalized spacial score (nSPS) is 10.3. The van der Waals surface area contributed by atoms with Crippen molar-refractivity contribution in [3.63, 3.8) is 0 Å². The number of aromatic nitrogens is 2. The summed E-state index contributed by atoms with van der Waals surface area (Å²) in [6.45, 7) is 2.45. The second-order valence-electron chi connectivity index (χ2n) is 3.51. The first-order valence-electron chi connectivity index (χ1n) is 4.96. The second kappa shape index (κ2) is 5.39. The molecule has 0 fully saturated rings. The average Bonchev–Trinajstić information content (AvgIpc) is 2.23. The van der Waals surface area contributed by atoms with Crippen molar-refractivity contribution >= 4 is 17.5 Å². The predicted molar refractivity (Wildman–Crippen MR) is 63.0 cm³/mol. The molecule has 1 rings (SSSR count). The number of nitrogens with two attached hydrogens (primary N) is 1. The van der Waals surface area contributed by atoms with Gasteiger partial charge in [-0.15, -0.1) is 0 Å². The Morgan fingerprint density at radius 1 is 1.53 bits per heavy atom. The summed E-state index contributed by atoms with van der Waals surface area (Å²) < 4.78 is 4.91. The highest BCUT2D eigenvalue weighted by atomic mass is 16.6. The maximum absolute atomic E-state index is 11.0. The fraction of sp³-hybridized carbons (Fsp3) is 0.556. The fourth-order valence-corrected chi connectivity index (χ4v) is 1.39. The van der Waals surface area contributed by atoms with Gasteiger partial charge in [-0.1, -0.05) is 0 Å². The van der Waals surface area contributed by atoms with Gasteiger partial charge in [0.15, 0.2) is 0 Å². The van der Waals surface area contributed by atoms with E-state index in [1.165, 1.54) is 6.92 Å². The number of nitrogen functional groups attached to an aromatic ring is 1. The van der Waals surface area contributed by atoms with Crippen LogP contribution in [-0.4, -0.2) is 42.2 Å². The third kappa shape index (κ3) is 3.00. The van der Waals surface area contributed by atoms with Crippen LogP contribution in [0.2, 0.25) is 0 Å². The van der Waals surface area contributed by atoms with Gasteiger partial charge in [-0.25, -0.2) is 4.98 Å². The van der Waals surface area contributed by atoms with Crippen molar-refractivity contribution < 1.29 is 9.66 Å². The maximum atomic E-state index is 11.0. The van der Waals surface area contributed by atoms with Gasteiger partial charge in [0.05, 0.1) is 11.5 Å². The van der Waals surface area contributed by atoms with Crippen molar-refractivity contribution in [2.75, 3.05) is 37.9 Å². The van der Waals surface area contributed by atoms with Gasteiger partial charge in [-0.05, 0) is 6.92 Å². The minimum Gasteiger partial charge on any atom is -0.383 e. The quantitative estimate of drug-likeness (QED) is 0.585. The van der Waals surface area contributed by atoms with Gasteiger partial charge in [0.2, 0.25) is 11.8 Å². The molecule has 0 aromatic carbocycles. The molecule has 0 bridgehead atoms. The molecule has 1 aromatic heterocycles. The first kappa shape index (κ1) is 13.1. The van der Waals surface area contributed by atoms with Crippen molar-refractivity contribution in [1.29, 1.82) is 0 Å². The highest BCUT2D eigenvalue weighted by Gasteiger charge is 2.23. The Balaban J connectivity index is 3.15. The minimum atomic E-state index is -0.507. The summed E-state index contributed by atoms with van der Waals surface area (Å²) in [6.07, 6.45) is 0. The third-order valence-electron chi connectivity index (χ3n) is 2.23.